The molecule has 14 heavy (non-hydrogen) atoms. The predicted molar refractivity (Wildman–Crippen MR) is 55.6 cm³/mol. The Morgan fingerprint density at radius 1 is 1.43 bits per heavy atom. The lowest BCUT2D eigenvalue weighted by Gasteiger charge is -2.04. The summed E-state index contributed by atoms with van der Waals surface area (Å²) in [6, 6.07) is 7.27. The summed E-state index contributed by atoms with van der Waals surface area (Å²) in [6.45, 7) is 3.90. The SMILES string of the molecule is CCc1cc(=O)n2c(C)cccc2n1. The van der Waals surface area contributed by atoms with Gasteiger partial charge in [0.25, 0.3) is 5.56 Å². The molecule has 0 N–H and O–H groups in total. The molecule has 2 rings (SSSR count). The Bertz CT molecular complexity index is 528. The molecule has 0 aromatic carbocycles. The third-order valence-corrected chi connectivity index (χ3v) is 2.30. The molecule has 2 aromatic rings. The fourth-order valence-corrected chi connectivity index (χ4v) is 1.54. The van der Waals surface area contributed by atoms with E-state index in [1.807, 2.05) is 32.0 Å². The number of nitrogens with zero attached hydrogens (tertiary/aromatic N) is 2. The molecule has 72 valence electrons. The van der Waals surface area contributed by atoms with Gasteiger partial charge in [-0.25, -0.2) is 4.98 Å². The van der Waals surface area contributed by atoms with E-state index in [-0.39, 0.29) is 5.56 Å². The van der Waals surface area contributed by atoms with Crippen LogP contribution in [-0.4, -0.2) is 9.38 Å². The van der Waals surface area contributed by atoms with Crippen LogP contribution in [0.1, 0.15) is 18.3 Å². The number of pyridine rings is 1. The van der Waals surface area contributed by atoms with Crippen LogP contribution in [0.25, 0.3) is 5.65 Å². The van der Waals surface area contributed by atoms with Crippen molar-refractivity contribution in [2.24, 2.45) is 0 Å². The quantitative estimate of drug-likeness (QED) is 0.680. The Balaban J connectivity index is 2.90. The van der Waals surface area contributed by atoms with Crippen molar-refractivity contribution in [2.75, 3.05) is 0 Å². The highest BCUT2D eigenvalue weighted by molar-refractivity contribution is 5.40. The zero-order chi connectivity index (χ0) is 10.1. The van der Waals surface area contributed by atoms with E-state index >= 15 is 0 Å². The second-order valence-corrected chi connectivity index (χ2v) is 3.30. The molecule has 0 aliphatic heterocycles. The van der Waals surface area contributed by atoms with Gasteiger partial charge in [-0.2, -0.15) is 0 Å². The molecule has 0 bridgehead atoms. The first kappa shape index (κ1) is 8.94. The largest absolute Gasteiger partial charge is 0.269 e. The first-order valence-electron chi connectivity index (χ1n) is 4.70. The molecule has 0 saturated heterocycles. The van der Waals surface area contributed by atoms with Gasteiger partial charge in [0.1, 0.15) is 5.65 Å². The zero-order valence-electron chi connectivity index (χ0n) is 8.32. The molecule has 0 spiro atoms. The molecule has 0 radical (unpaired) electrons. The van der Waals surface area contributed by atoms with Gasteiger partial charge in [0.05, 0.1) is 0 Å². The van der Waals surface area contributed by atoms with E-state index < -0.39 is 0 Å². The molecule has 2 aromatic heterocycles. The standard InChI is InChI=1S/C11H12N2O/c1-3-9-7-11(14)13-8(2)5-4-6-10(13)12-9/h4-7H,3H2,1-2H3. The molecule has 0 saturated carbocycles. The Labute approximate surface area is 82.0 Å². The third-order valence-electron chi connectivity index (χ3n) is 2.30. The normalized spacial score (nSPS) is 10.7. The highest BCUT2D eigenvalue weighted by atomic mass is 16.1. The Hall–Kier alpha value is -1.64. The van der Waals surface area contributed by atoms with Crippen molar-refractivity contribution in [2.45, 2.75) is 20.3 Å². The van der Waals surface area contributed by atoms with Crippen molar-refractivity contribution in [3.05, 3.63) is 46.0 Å². The Morgan fingerprint density at radius 3 is 2.93 bits per heavy atom. The molecule has 0 aliphatic rings. The predicted octanol–water partition coefficient (Wildman–Crippen LogP) is 1.57. The molecule has 0 amide bonds. The molecule has 0 atom stereocenters. The van der Waals surface area contributed by atoms with Gasteiger partial charge in [-0.05, 0) is 25.5 Å². The van der Waals surface area contributed by atoms with Gasteiger partial charge >= 0.3 is 0 Å². The third kappa shape index (κ3) is 1.31. The topological polar surface area (TPSA) is 34.4 Å². The molecule has 2 heterocycles. The van der Waals surface area contributed by atoms with Gasteiger partial charge in [0, 0.05) is 17.5 Å². The van der Waals surface area contributed by atoms with Crippen LogP contribution in [-0.2, 0) is 6.42 Å². The van der Waals surface area contributed by atoms with Crippen molar-refractivity contribution in [3.63, 3.8) is 0 Å². The Kier molecular flexibility index (Phi) is 2.08. The van der Waals surface area contributed by atoms with Crippen molar-refractivity contribution >= 4 is 5.65 Å². The molecule has 0 fully saturated rings. The lowest BCUT2D eigenvalue weighted by atomic mass is 10.3. The van der Waals surface area contributed by atoms with Gasteiger partial charge in [0.2, 0.25) is 0 Å². The van der Waals surface area contributed by atoms with Crippen LogP contribution in [0.3, 0.4) is 0 Å². The van der Waals surface area contributed by atoms with Crippen LogP contribution in [0, 0.1) is 6.92 Å². The summed E-state index contributed by atoms with van der Waals surface area (Å²) in [7, 11) is 0. The minimum Gasteiger partial charge on any atom is -0.269 e. The van der Waals surface area contributed by atoms with E-state index in [0.717, 1.165) is 23.5 Å². The fraction of sp³-hybridized carbons (Fsp3) is 0.273. The van der Waals surface area contributed by atoms with Crippen molar-refractivity contribution in [1.29, 1.82) is 0 Å². The smallest absolute Gasteiger partial charge is 0.258 e. The van der Waals surface area contributed by atoms with Crippen molar-refractivity contribution in [1.82, 2.24) is 9.38 Å². The number of aromatic nitrogens is 2. The second-order valence-electron chi connectivity index (χ2n) is 3.30. The number of hydrogen-bond donors (Lipinski definition) is 0. The van der Waals surface area contributed by atoms with E-state index in [0.29, 0.717) is 0 Å². The average molecular weight is 188 g/mol. The molecule has 3 heteroatoms. The minimum atomic E-state index is 0.00458. The minimum absolute atomic E-state index is 0.00458. The summed E-state index contributed by atoms with van der Waals surface area (Å²) in [5.41, 5.74) is 2.50. The summed E-state index contributed by atoms with van der Waals surface area (Å²) in [6.07, 6.45) is 0.791. The van der Waals surface area contributed by atoms with E-state index in [2.05, 4.69) is 4.98 Å². The maximum absolute atomic E-state index is 11.7. The molecular weight excluding hydrogens is 176 g/mol. The van der Waals surface area contributed by atoms with Gasteiger partial charge < -0.3 is 0 Å². The van der Waals surface area contributed by atoms with Crippen LogP contribution in [0.4, 0.5) is 0 Å². The van der Waals surface area contributed by atoms with E-state index in [1.165, 1.54) is 0 Å². The second kappa shape index (κ2) is 3.25. The first-order chi connectivity index (χ1) is 6.72. The zero-order valence-corrected chi connectivity index (χ0v) is 8.32. The molecular formula is C11H12N2O. The fourth-order valence-electron chi connectivity index (χ4n) is 1.54. The van der Waals surface area contributed by atoms with Gasteiger partial charge in [-0.1, -0.05) is 13.0 Å². The summed E-state index contributed by atoms with van der Waals surface area (Å²) in [5, 5.41) is 0. The van der Waals surface area contributed by atoms with Crippen LogP contribution >= 0.6 is 0 Å². The summed E-state index contributed by atoms with van der Waals surface area (Å²) < 4.78 is 1.62. The van der Waals surface area contributed by atoms with Crippen molar-refractivity contribution < 1.29 is 0 Å². The van der Waals surface area contributed by atoms with Crippen molar-refractivity contribution in [3.8, 4) is 0 Å². The maximum Gasteiger partial charge on any atom is 0.258 e. The number of aryl methyl sites for hydroxylation is 2. The number of hydrogen-bond acceptors (Lipinski definition) is 2. The van der Waals surface area contributed by atoms with E-state index in [1.54, 1.807) is 10.5 Å². The molecule has 0 unspecified atom stereocenters. The highest BCUT2D eigenvalue weighted by Gasteiger charge is 2.01. The lowest BCUT2D eigenvalue weighted by Crippen LogP contribution is -2.17. The summed E-state index contributed by atoms with van der Waals surface area (Å²) in [5.74, 6) is 0. The van der Waals surface area contributed by atoms with Crippen LogP contribution in [0.15, 0.2) is 29.1 Å². The lowest BCUT2D eigenvalue weighted by molar-refractivity contribution is 0.939. The van der Waals surface area contributed by atoms with Crippen LogP contribution < -0.4 is 5.56 Å². The van der Waals surface area contributed by atoms with E-state index in [4.69, 9.17) is 0 Å². The van der Waals surface area contributed by atoms with Gasteiger partial charge in [-0.3, -0.25) is 9.20 Å². The van der Waals surface area contributed by atoms with Crippen LogP contribution in [0.5, 0.6) is 0 Å². The van der Waals surface area contributed by atoms with Gasteiger partial charge in [0.15, 0.2) is 0 Å². The van der Waals surface area contributed by atoms with E-state index in [9.17, 15) is 4.79 Å². The maximum atomic E-state index is 11.7. The number of fused-ring (bicyclic) bond motifs is 1. The van der Waals surface area contributed by atoms with Gasteiger partial charge in [-0.15, -0.1) is 0 Å². The molecule has 0 aliphatic carbocycles. The Morgan fingerprint density at radius 2 is 2.21 bits per heavy atom. The van der Waals surface area contributed by atoms with Crippen LogP contribution in [0.2, 0.25) is 0 Å². The monoisotopic (exact) mass is 188 g/mol. The summed E-state index contributed by atoms with van der Waals surface area (Å²) in [4.78, 5) is 16.1. The molecule has 3 nitrogen and oxygen atoms in total. The summed E-state index contributed by atoms with van der Waals surface area (Å²) >= 11 is 0. The average Bonchev–Trinajstić information content (AvgIpc) is 2.17. The first-order valence-corrected chi connectivity index (χ1v) is 4.70. The highest BCUT2D eigenvalue weighted by Crippen LogP contribution is 2.02. The number of rotatable bonds is 1.